The van der Waals surface area contributed by atoms with Crippen molar-refractivity contribution in [3.05, 3.63) is 34.1 Å². The van der Waals surface area contributed by atoms with Crippen molar-refractivity contribution < 1.29 is 13.9 Å². The van der Waals surface area contributed by atoms with Gasteiger partial charge in [0.1, 0.15) is 5.82 Å². The van der Waals surface area contributed by atoms with Gasteiger partial charge in [-0.2, -0.15) is 0 Å². The summed E-state index contributed by atoms with van der Waals surface area (Å²) in [4.78, 5) is 0. The van der Waals surface area contributed by atoms with Gasteiger partial charge in [-0.1, -0.05) is 28.9 Å². The van der Waals surface area contributed by atoms with Gasteiger partial charge in [0.25, 0.3) is 0 Å². The van der Waals surface area contributed by atoms with Gasteiger partial charge in [-0.25, -0.2) is 4.39 Å². The van der Waals surface area contributed by atoms with Crippen molar-refractivity contribution in [2.75, 3.05) is 19.8 Å². The maximum absolute atomic E-state index is 13.9. The van der Waals surface area contributed by atoms with Crippen LogP contribution in [0, 0.1) is 5.82 Å². The molecule has 0 radical (unpaired) electrons. The highest BCUT2D eigenvalue weighted by Gasteiger charge is 2.23. The Morgan fingerprint density at radius 3 is 2.35 bits per heavy atom. The smallest absolute Gasteiger partial charge is 0.172 e. The third-order valence-corrected chi connectivity index (χ3v) is 3.40. The largest absolute Gasteiger partial charge is 0.351 e. The van der Waals surface area contributed by atoms with E-state index in [1.165, 1.54) is 6.07 Å². The summed E-state index contributed by atoms with van der Waals surface area (Å²) in [7, 11) is 0. The van der Waals surface area contributed by atoms with Crippen molar-refractivity contribution in [1.82, 2.24) is 5.32 Å². The van der Waals surface area contributed by atoms with E-state index in [1.54, 1.807) is 6.07 Å². The fraction of sp³-hybridized carbons (Fsp3) is 0.600. The number of hydrogen-bond acceptors (Lipinski definition) is 3. The van der Waals surface area contributed by atoms with Gasteiger partial charge in [0.05, 0.1) is 6.04 Å². The van der Waals surface area contributed by atoms with E-state index in [2.05, 4.69) is 21.2 Å². The second-order valence-electron chi connectivity index (χ2n) is 4.38. The topological polar surface area (TPSA) is 30.5 Å². The van der Waals surface area contributed by atoms with Crippen LogP contribution in [0.2, 0.25) is 0 Å². The molecular formula is C15H23BrFNO2. The van der Waals surface area contributed by atoms with Crippen molar-refractivity contribution >= 4 is 15.9 Å². The first kappa shape index (κ1) is 17.6. The zero-order valence-corrected chi connectivity index (χ0v) is 13.9. The van der Waals surface area contributed by atoms with E-state index in [9.17, 15) is 4.39 Å². The summed E-state index contributed by atoms with van der Waals surface area (Å²) in [6, 6.07) is 5.04. The molecule has 1 rings (SSSR count). The van der Waals surface area contributed by atoms with Gasteiger partial charge in [-0.15, -0.1) is 0 Å². The molecule has 1 N–H and O–H groups in total. The highest BCUT2D eigenvalue weighted by atomic mass is 79.9. The molecule has 0 aliphatic rings. The maximum atomic E-state index is 13.9. The predicted molar refractivity (Wildman–Crippen MR) is 82.3 cm³/mol. The molecule has 1 unspecified atom stereocenters. The molecule has 20 heavy (non-hydrogen) atoms. The molecule has 0 aromatic heterocycles. The van der Waals surface area contributed by atoms with Gasteiger partial charge in [0.2, 0.25) is 0 Å². The van der Waals surface area contributed by atoms with Crippen molar-refractivity contribution in [2.45, 2.75) is 39.5 Å². The molecule has 1 aromatic carbocycles. The SMILES string of the molecule is CCNC(Cc1ccc(Br)cc1F)C(OCC)OCC. The number of ether oxygens (including phenoxy) is 2. The number of nitrogens with one attached hydrogen (secondary N) is 1. The fourth-order valence-corrected chi connectivity index (χ4v) is 2.39. The highest BCUT2D eigenvalue weighted by molar-refractivity contribution is 9.10. The summed E-state index contributed by atoms with van der Waals surface area (Å²) in [5.41, 5.74) is 0.656. The Balaban J connectivity index is 2.83. The van der Waals surface area contributed by atoms with Gasteiger partial charge < -0.3 is 14.8 Å². The third kappa shape index (κ3) is 5.48. The molecule has 0 saturated heterocycles. The Hall–Kier alpha value is -0.490. The van der Waals surface area contributed by atoms with Crippen LogP contribution in [0.5, 0.6) is 0 Å². The molecular weight excluding hydrogens is 325 g/mol. The van der Waals surface area contributed by atoms with E-state index in [4.69, 9.17) is 9.47 Å². The predicted octanol–water partition coefficient (Wildman–Crippen LogP) is 3.51. The normalized spacial score (nSPS) is 12.9. The van der Waals surface area contributed by atoms with E-state index in [0.717, 1.165) is 11.0 Å². The van der Waals surface area contributed by atoms with Gasteiger partial charge in [-0.05, 0) is 44.5 Å². The number of halogens is 2. The monoisotopic (exact) mass is 347 g/mol. The van der Waals surface area contributed by atoms with Crippen LogP contribution in [-0.2, 0) is 15.9 Å². The lowest BCUT2D eigenvalue weighted by molar-refractivity contribution is -0.153. The fourth-order valence-electron chi connectivity index (χ4n) is 2.06. The second kappa shape index (κ2) is 9.45. The number of rotatable bonds is 9. The van der Waals surface area contributed by atoms with Crippen LogP contribution in [0.4, 0.5) is 4.39 Å². The molecule has 0 amide bonds. The van der Waals surface area contributed by atoms with Crippen molar-refractivity contribution in [3.63, 3.8) is 0 Å². The van der Waals surface area contributed by atoms with E-state index in [0.29, 0.717) is 25.2 Å². The first-order valence-corrected chi connectivity index (χ1v) is 7.82. The third-order valence-electron chi connectivity index (χ3n) is 2.91. The van der Waals surface area contributed by atoms with E-state index < -0.39 is 0 Å². The minimum absolute atomic E-state index is 0.0735. The second-order valence-corrected chi connectivity index (χ2v) is 5.30. The molecule has 0 heterocycles. The van der Waals surface area contributed by atoms with E-state index in [-0.39, 0.29) is 18.1 Å². The molecule has 114 valence electrons. The van der Waals surface area contributed by atoms with Crippen LogP contribution in [0.3, 0.4) is 0 Å². The number of likely N-dealkylation sites (N-methyl/N-ethyl adjacent to an activating group) is 1. The van der Waals surface area contributed by atoms with Gasteiger partial charge in [0, 0.05) is 17.7 Å². The summed E-state index contributed by atoms with van der Waals surface area (Å²) in [5, 5.41) is 3.31. The molecule has 0 bridgehead atoms. The van der Waals surface area contributed by atoms with Gasteiger partial charge in [0.15, 0.2) is 6.29 Å². The van der Waals surface area contributed by atoms with Gasteiger partial charge >= 0.3 is 0 Å². The van der Waals surface area contributed by atoms with Crippen molar-refractivity contribution in [3.8, 4) is 0 Å². The minimum atomic E-state index is -0.368. The molecule has 5 heteroatoms. The molecule has 0 aliphatic heterocycles. The average molecular weight is 348 g/mol. The average Bonchev–Trinajstić information content (AvgIpc) is 2.41. The van der Waals surface area contributed by atoms with Crippen LogP contribution in [0.15, 0.2) is 22.7 Å². The quantitative estimate of drug-likeness (QED) is 0.693. The summed E-state index contributed by atoms with van der Waals surface area (Å²) >= 11 is 3.27. The Labute approximate surface area is 129 Å². The lowest BCUT2D eigenvalue weighted by atomic mass is 10.0. The van der Waals surface area contributed by atoms with Crippen molar-refractivity contribution in [1.29, 1.82) is 0 Å². The van der Waals surface area contributed by atoms with E-state index in [1.807, 2.05) is 26.8 Å². The molecule has 1 aromatic rings. The Morgan fingerprint density at radius 1 is 1.20 bits per heavy atom. The zero-order valence-electron chi connectivity index (χ0n) is 12.3. The minimum Gasteiger partial charge on any atom is -0.351 e. The van der Waals surface area contributed by atoms with E-state index >= 15 is 0 Å². The summed E-state index contributed by atoms with van der Waals surface area (Å²) < 4.78 is 25.9. The molecule has 3 nitrogen and oxygen atoms in total. The van der Waals surface area contributed by atoms with Crippen LogP contribution < -0.4 is 5.32 Å². The van der Waals surface area contributed by atoms with Crippen LogP contribution in [-0.4, -0.2) is 32.1 Å². The van der Waals surface area contributed by atoms with Crippen LogP contribution in [0.1, 0.15) is 26.3 Å². The summed E-state index contributed by atoms with van der Waals surface area (Å²) in [5.74, 6) is -0.214. The molecule has 0 saturated carbocycles. The lowest BCUT2D eigenvalue weighted by Gasteiger charge is -2.27. The van der Waals surface area contributed by atoms with Gasteiger partial charge in [-0.3, -0.25) is 0 Å². The van der Waals surface area contributed by atoms with Crippen molar-refractivity contribution in [2.24, 2.45) is 0 Å². The molecule has 0 fully saturated rings. The standard InChI is InChI=1S/C15H23BrFNO2/c1-4-18-14(15(19-5-2)20-6-3)9-11-7-8-12(16)10-13(11)17/h7-8,10,14-15,18H,4-6,9H2,1-3H3. The molecule has 1 atom stereocenters. The summed E-state index contributed by atoms with van der Waals surface area (Å²) in [6.45, 7) is 7.77. The first-order chi connectivity index (χ1) is 9.62. The number of hydrogen-bond donors (Lipinski definition) is 1. The highest BCUT2D eigenvalue weighted by Crippen LogP contribution is 2.18. The Morgan fingerprint density at radius 2 is 1.85 bits per heavy atom. The molecule has 0 spiro atoms. The molecule has 0 aliphatic carbocycles. The Bertz CT molecular complexity index is 397. The first-order valence-electron chi connectivity index (χ1n) is 7.02. The summed E-state index contributed by atoms with van der Waals surface area (Å²) in [6.07, 6.45) is 0.158. The van der Waals surface area contributed by atoms with Crippen LogP contribution in [0.25, 0.3) is 0 Å². The Kier molecular flexibility index (Phi) is 8.30. The zero-order chi connectivity index (χ0) is 15.0. The van der Waals surface area contributed by atoms with Crippen LogP contribution >= 0.6 is 15.9 Å². The maximum Gasteiger partial charge on any atom is 0.172 e. The lowest BCUT2D eigenvalue weighted by Crippen LogP contribution is -2.44. The number of benzene rings is 1.